The van der Waals surface area contributed by atoms with Gasteiger partial charge in [-0.3, -0.25) is 19.1 Å². The first-order valence-corrected chi connectivity index (χ1v) is 10.7. The van der Waals surface area contributed by atoms with E-state index in [-0.39, 0.29) is 29.4 Å². The number of carbonyl (C=O) groups excluding carboxylic acids is 2. The predicted octanol–water partition coefficient (Wildman–Crippen LogP) is 3.49. The summed E-state index contributed by atoms with van der Waals surface area (Å²) in [4.78, 5) is 43.7. The number of fused-ring (bicyclic) bond motifs is 1. The van der Waals surface area contributed by atoms with E-state index >= 15 is 0 Å². The van der Waals surface area contributed by atoms with Crippen LogP contribution in [0.15, 0.2) is 35.3 Å². The van der Waals surface area contributed by atoms with Crippen molar-refractivity contribution >= 4 is 28.8 Å². The minimum absolute atomic E-state index is 0.0384. The molecule has 1 aliphatic rings. The van der Waals surface area contributed by atoms with Crippen LogP contribution in [0.1, 0.15) is 31.1 Å². The molecule has 4 rings (SSSR count). The van der Waals surface area contributed by atoms with Gasteiger partial charge in [-0.05, 0) is 32.9 Å². The number of nitrogens with zero attached hydrogens (tertiary/aromatic N) is 3. The summed E-state index contributed by atoms with van der Waals surface area (Å²) in [5.41, 5.74) is -4.91. The summed E-state index contributed by atoms with van der Waals surface area (Å²) < 4.78 is 70.4. The Morgan fingerprint density at radius 1 is 1.17 bits per heavy atom. The van der Waals surface area contributed by atoms with Crippen LogP contribution in [0.5, 0.6) is 0 Å². The SMILES string of the molecule is CC1CN(c2ccc3c(=O)c(C(=O)NC(C)(C)C(F)F)cn(-c4c(F)cc(F)cc4F)c3n2)C(=O)N1. The van der Waals surface area contributed by atoms with Gasteiger partial charge in [-0.15, -0.1) is 0 Å². The molecule has 2 aromatic heterocycles. The molecular weight excluding hydrogens is 489 g/mol. The number of benzene rings is 1. The highest BCUT2D eigenvalue weighted by molar-refractivity contribution is 5.98. The number of pyridine rings is 2. The Morgan fingerprint density at radius 3 is 2.36 bits per heavy atom. The minimum atomic E-state index is -2.99. The van der Waals surface area contributed by atoms with Crippen LogP contribution in [0.3, 0.4) is 0 Å². The molecule has 190 valence electrons. The number of rotatable bonds is 5. The molecule has 8 nitrogen and oxygen atoms in total. The number of hydrogen-bond donors (Lipinski definition) is 2. The van der Waals surface area contributed by atoms with Crippen LogP contribution in [0.2, 0.25) is 0 Å². The van der Waals surface area contributed by atoms with E-state index in [0.717, 1.165) is 20.0 Å². The average molecular weight is 509 g/mol. The zero-order valence-corrected chi connectivity index (χ0v) is 19.2. The van der Waals surface area contributed by atoms with Gasteiger partial charge in [0, 0.05) is 30.9 Å². The quantitative estimate of drug-likeness (QED) is 0.515. The molecule has 1 aromatic carbocycles. The van der Waals surface area contributed by atoms with Crippen molar-refractivity contribution in [1.82, 2.24) is 20.2 Å². The van der Waals surface area contributed by atoms with E-state index in [9.17, 15) is 36.3 Å². The number of hydrogen-bond acceptors (Lipinski definition) is 4. The van der Waals surface area contributed by atoms with Gasteiger partial charge in [-0.25, -0.2) is 31.7 Å². The molecule has 13 heteroatoms. The normalized spacial score (nSPS) is 16.1. The number of anilines is 1. The lowest BCUT2D eigenvalue weighted by Crippen LogP contribution is -2.50. The lowest BCUT2D eigenvalue weighted by atomic mass is 10.1. The van der Waals surface area contributed by atoms with Crippen molar-refractivity contribution < 1.29 is 31.5 Å². The molecule has 36 heavy (non-hydrogen) atoms. The second-order valence-corrected chi connectivity index (χ2v) is 8.94. The van der Waals surface area contributed by atoms with Crippen LogP contribution in [0, 0.1) is 17.5 Å². The minimum Gasteiger partial charge on any atom is -0.341 e. The van der Waals surface area contributed by atoms with E-state index in [1.165, 1.54) is 17.0 Å². The summed E-state index contributed by atoms with van der Waals surface area (Å²) in [5, 5.41) is 4.39. The van der Waals surface area contributed by atoms with Crippen LogP contribution >= 0.6 is 0 Å². The molecule has 0 saturated carbocycles. The van der Waals surface area contributed by atoms with Crippen molar-refractivity contribution in [2.24, 2.45) is 0 Å². The van der Waals surface area contributed by atoms with E-state index in [1.807, 2.05) is 5.32 Å². The van der Waals surface area contributed by atoms with E-state index in [1.54, 1.807) is 6.92 Å². The maximum atomic E-state index is 14.8. The summed E-state index contributed by atoms with van der Waals surface area (Å²) >= 11 is 0. The van der Waals surface area contributed by atoms with Gasteiger partial charge in [0.1, 0.15) is 22.9 Å². The lowest BCUT2D eigenvalue weighted by Gasteiger charge is -2.25. The Morgan fingerprint density at radius 2 is 1.81 bits per heavy atom. The molecule has 3 aromatic rings. The molecule has 0 radical (unpaired) electrons. The largest absolute Gasteiger partial charge is 0.341 e. The van der Waals surface area contributed by atoms with Crippen molar-refractivity contribution in [3.8, 4) is 5.69 Å². The van der Waals surface area contributed by atoms with Gasteiger partial charge < -0.3 is 10.6 Å². The molecule has 1 atom stereocenters. The molecule has 1 unspecified atom stereocenters. The number of carbonyl (C=O) groups is 2. The second kappa shape index (κ2) is 8.88. The van der Waals surface area contributed by atoms with Gasteiger partial charge in [0.05, 0.1) is 10.9 Å². The summed E-state index contributed by atoms with van der Waals surface area (Å²) in [6.45, 7) is 4.02. The maximum absolute atomic E-state index is 14.8. The number of aromatic nitrogens is 2. The third kappa shape index (κ3) is 4.36. The number of urea groups is 1. The van der Waals surface area contributed by atoms with Gasteiger partial charge in [-0.2, -0.15) is 0 Å². The number of alkyl halides is 2. The number of nitrogens with one attached hydrogen (secondary N) is 2. The highest BCUT2D eigenvalue weighted by Crippen LogP contribution is 2.26. The Hall–Kier alpha value is -4.03. The van der Waals surface area contributed by atoms with Gasteiger partial charge in [0.2, 0.25) is 5.43 Å². The molecule has 0 spiro atoms. The molecule has 1 aliphatic heterocycles. The lowest BCUT2D eigenvalue weighted by molar-refractivity contribution is 0.0447. The fourth-order valence-electron chi connectivity index (χ4n) is 3.74. The molecule has 1 saturated heterocycles. The topological polar surface area (TPSA) is 96.3 Å². The van der Waals surface area contributed by atoms with Gasteiger partial charge >= 0.3 is 6.03 Å². The van der Waals surface area contributed by atoms with E-state index in [0.29, 0.717) is 16.7 Å². The zero-order chi connectivity index (χ0) is 26.5. The van der Waals surface area contributed by atoms with Gasteiger partial charge in [-0.1, -0.05) is 0 Å². The molecule has 3 heterocycles. The Balaban J connectivity index is 1.99. The summed E-state index contributed by atoms with van der Waals surface area (Å²) in [6.07, 6.45) is -2.25. The highest BCUT2D eigenvalue weighted by atomic mass is 19.3. The first-order chi connectivity index (χ1) is 16.8. The van der Waals surface area contributed by atoms with Crippen LogP contribution in [0.4, 0.5) is 32.6 Å². The number of amides is 3. The van der Waals surface area contributed by atoms with Crippen molar-refractivity contribution in [1.29, 1.82) is 0 Å². The molecule has 0 bridgehead atoms. The molecule has 2 N–H and O–H groups in total. The Kier molecular flexibility index (Phi) is 6.18. The molecular formula is C23H20F5N5O3. The van der Waals surface area contributed by atoms with Crippen LogP contribution in [0.25, 0.3) is 16.7 Å². The fraction of sp³-hybridized carbons (Fsp3) is 0.304. The highest BCUT2D eigenvalue weighted by Gasteiger charge is 2.33. The van der Waals surface area contributed by atoms with Gasteiger partial charge in [0.15, 0.2) is 17.3 Å². The summed E-state index contributed by atoms with van der Waals surface area (Å²) in [5.74, 6) is -5.16. The first-order valence-electron chi connectivity index (χ1n) is 10.7. The van der Waals surface area contributed by atoms with Crippen LogP contribution in [-0.4, -0.2) is 46.0 Å². The Bertz CT molecular complexity index is 1430. The third-order valence-electron chi connectivity index (χ3n) is 5.63. The number of halogens is 5. The fourth-order valence-corrected chi connectivity index (χ4v) is 3.74. The smallest absolute Gasteiger partial charge is 0.323 e. The second-order valence-electron chi connectivity index (χ2n) is 8.94. The van der Waals surface area contributed by atoms with Crippen molar-refractivity contribution in [3.63, 3.8) is 0 Å². The van der Waals surface area contributed by atoms with Crippen LogP contribution < -0.4 is 21.0 Å². The maximum Gasteiger partial charge on any atom is 0.323 e. The van der Waals surface area contributed by atoms with E-state index in [4.69, 9.17) is 0 Å². The molecule has 1 fully saturated rings. The predicted molar refractivity (Wildman–Crippen MR) is 120 cm³/mol. The standard InChI is InChI=1S/C23H20F5N5O3/c1-10-8-32(22(36)29-10)16-5-4-12-18(34)13(20(35)31-23(2,3)21(27)28)9-33(19(12)30-16)17-14(25)6-11(24)7-15(17)26/h4-7,9-10,21H,8H2,1-3H3,(H,29,36)(H,31,35). The Labute approximate surface area is 200 Å². The first kappa shape index (κ1) is 25.1. The van der Waals surface area contributed by atoms with Crippen molar-refractivity contribution in [2.75, 3.05) is 11.4 Å². The van der Waals surface area contributed by atoms with E-state index < -0.39 is 58.0 Å². The van der Waals surface area contributed by atoms with Crippen molar-refractivity contribution in [2.45, 2.75) is 38.8 Å². The summed E-state index contributed by atoms with van der Waals surface area (Å²) in [7, 11) is 0. The average Bonchev–Trinajstić information content (AvgIpc) is 3.11. The van der Waals surface area contributed by atoms with Gasteiger partial charge in [0.25, 0.3) is 12.3 Å². The van der Waals surface area contributed by atoms with Crippen LogP contribution in [-0.2, 0) is 0 Å². The monoisotopic (exact) mass is 509 g/mol. The molecule has 0 aliphatic carbocycles. The van der Waals surface area contributed by atoms with Crippen molar-refractivity contribution in [3.05, 3.63) is 63.7 Å². The molecule has 3 amide bonds. The van der Waals surface area contributed by atoms with E-state index in [2.05, 4.69) is 10.3 Å². The summed E-state index contributed by atoms with van der Waals surface area (Å²) in [6, 6.07) is 2.55. The third-order valence-corrected chi connectivity index (χ3v) is 5.63. The zero-order valence-electron chi connectivity index (χ0n) is 19.2.